The van der Waals surface area contributed by atoms with Crippen molar-refractivity contribution < 1.29 is 9.18 Å². The van der Waals surface area contributed by atoms with Crippen LogP contribution in [-0.4, -0.2) is 15.7 Å². The fraction of sp³-hybridized carbons (Fsp3) is 0.111. The van der Waals surface area contributed by atoms with Gasteiger partial charge in [0.15, 0.2) is 5.82 Å². The molecule has 25 heavy (non-hydrogen) atoms. The Morgan fingerprint density at radius 2 is 2.04 bits per heavy atom. The molecule has 0 unspecified atom stereocenters. The largest absolute Gasteiger partial charge is 0.305 e. The van der Waals surface area contributed by atoms with Crippen LogP contribution < -0.4 is 5.32 Å². The van der Waals surface area contributed by atoms with Crippen molar-refractivity contribution >= 4 is 45.9 Å². The van der Waals surface area contributed by atoms with Gasteiger partial charge < -0.3 is 5.32 Å². The van der Waals surface area contributed by atoms with Gasteiger partial charge in [0.25, 0.3) is 5.91 Å². The van der Waals surface area contributed by atoms with E-state index in [1.807, 2.05) is 25.1 Å². The normalized spacial score (nSPS) is 10.7. The van der Waals surface area contributed by atoms with Gasteiger partial charge in [-0.3, -0.25) is 9.48 Å². The number of nitrogens with one attached hydrogen (secondary N) is 1. The molecule has 0 bridgehead atoms. The summed E-state index contributed by atoms with van der Waals surface area (Å²) in [6.45, 7) is 2.27. The summed E-state index contributed by atoms with van der Waals surface area (Å²) in [6.07, 6.45) is 0. The number of carbonyl (C=O) groups excluding carboxylic acids is 1. The summed E-state index contributed by atoms with van der Waals surface area (Å²) >= 11 is 8.19. The van der Waals surface area contributed by atoms with Crippen molar-refractivity contribution in [3.05, 3.63) is 79.8 Å². The van der Waals surface area contributed by atoms with E-state index < -0.39 is 0 Å². The third-order valence-electron chi connectivity index (χ3n) is 3.68. The minimum atomic E-state index is -0.378. The number of halogens is 3. The highest BCUT2D eigenvalue weighted by molar-refractivity contribution is 14.1. The second-order valence-electron chi connectivity index (χ2n) is 5.50. The zero-order valence-electron chi connectivity index (χ0n) is 13.3. The molecule has 0 spiro atoms. The maximum absolute atomic E-state index is 13.2. The predicted octanol–water partition coefficient (Wildman–Crippen LogP) is 4.89. The van der Waals surface area contributed by atoms with E-state index in [0.29, 0.717) is 22.9 Å². The molecule has 4 nitrogen and oxygen atoms in total. The summed E-state index contributed by atoms with van der Waals surface area (Å²) in [7, 11) is 0. The minimum absolute atomic E-state index is 0.213. The number of rotatable bonds is 4. The number of anilines is 1. The highest BCUT2D eigenvalue weighted by atomic mass is 127. The number of benzene rings is 2. The second-order valence-corrected chi connectivity index (χ2v) is 7.07. The Bertz CT molecular complexity index is 942. The lowest BCUT2D eigenvalue weighted by molar-refractivity contribution is 0.102. The molecule has 0 aliphatic carbocycles. The van der Waals surface area contributed by atoms with Crippen LogP contribution in [0.2, 0.25) is 5.02 Å². The molecule has 7 heteroatoms. The number of hydrogen-bond donors (Lipinski definition) is 1. The van der Waals surface area contributed by atoms with E-state index in [2.05, 4.69) is 33.0 Å². The minimum Gasteiger partial charge on any atom is -0.305 e. The van der Waals surface area contributed by atoms with Crippen molar-refractivity contribution in [2.24, 2.45) is 0 Å². The van der Waals surface area contributed by atoms with Gasteiger partial charge in [0, 0.05) is 20.4 Å². The SMILES string of the molecule is Cc1cc(NC(=O)c2ccccc2I)nn1Cc1ccc(F)cc1Cl. The number of carbonyl (C=O) groups is 1. The number of nitrogens with zero attached hydrogens (tertiary/aromatic N) is 2. The third-order valence-corrected chi connectivity index (χ3v) is 4.97. The Morgan fingerprint density at radius 3 is 2.76 bits per heavy atom. The number of hydrogen-bond acceptors (Lipinski definition) is 2. The molecule has 1 heterocycles. The van der Waals surface area contributed by atoms with Crippen LogP contribution in [0.5, 0.6) is 0 Å². The number of aromatic nitrogens is 2. The van der Waals surface area contributed by atoms with Crippen molar-refractivity contribution in [3.63, 3.8) is 0 Å². The summed E-state index contributed by atoms with van der Waals surface area (Å²) < 4.78 is 15.7. The summed E-state index contributed by atoms with van der Waals surface area (Å²) in [5.74, 6) is -0.133. The van der Waals surface area contributed by atoms with Gasteiger partial charge in [-0.25, -0.2) is 4.39 Å². The van der Waals surface area contributed by atoms with E-state index in [1.165, 1.54) is 12.1 Å². The van der Waals surface area contributed by atoms with Crippen LogP contribution in [0.1, 0.15) is 21.6 Å². The molecule has 0 saturated carbocycles. The van der Waals surface area contributed by atoms with Crippen LogP contribution in [0.15, 0.2) is 48.5 Å². The molecule has 0 fully saturated rings. The van der Waals surface area contributed by atoms with Gasteiger partial charge in [-0.15, -0.1) is 0 Å². The zero-order chi connectivity index (χ0) is 18.0. The first-order valence-corrected chi connectivity index (χ1v) is 8.94. The molecule has 0 aliphatic heterocycles. The lowest BCUT2D eigenvalue weighted by Crippen LogP contribution is -2.14. The Balaban J connectivity index is 1.78. The summed E-state index contributed by atoms with van der Waals surface area (Å²) in [5.41, 5.74) is 2.21. The van der Waals surface area contributed by atoms with Crippen LogP contribution in [0.4, 0.5) is 10.2 Å². The van der Waals surface area contributed by atoms with E-state index in [1.54, 1.807) is 22.9 Å². The second kappa shape index (κ2) is 7.53. The van der Waals surface area contributed by atoms with Crippen LogP contribution in [0.3, 0.4) is 0 Å². The average molecular weight is 470 g/mol. The van der Waals surface area contributed by atoms with Gasteiger partial charge in [0.1, 0.15) is 5.82 Å². The van der Waals surface area contributed by atoms with E-state index in [0.717, 1.165) is 14.8 Å². The van der Waals surface area contributed by atoms with Crippen molar-refractivity contribution in [1.29, 1.82) is 0 Å². The van der Waals surface area contributed by atoms with Gasteiger partial charge in [-0.1, -0.05) is 29.8 Å². The molecule has 1 amide bonds. The molecule has 0 atom stereocenters. The van der Waals surface area contributed by atoms with Crippen molar-refractivity contribution in [1.82, 2.24) is 9.78 Å². The van der Waals surface area contributed by atoms with Crippen LogP contribution >= 0.6 is 34.2 Å². The van der Waals surface area contributed by atoms with Crippen molar-refractivity contribution in [2.45, 2.75) is 13.5 Å². The third kappa shape index (κ3) is 4.19. The highest BCUT2D eigenvalue weighted by Crippen LogP contribution is 2.20. The monoisotopic (exact) mass is 469 g/mol. The van der Waals surface area contributed by atoms with Gasteiger partial charge in [0.2, 0.25) is 0 Å². The molecule has 2 aromatic carbocycles. The van der Waals surface area contributed by atoms with Gasteiger partial charge >= 0.3 is 0 Å². The fourth-order valence-corrected chi connectivity index (χ4v) is 3.23. The lowest BCUT2D eigenvalue weighted by atomic mass is 10.2. The predicted molar refractivity (Wildman–Crippen MR) is 105 cm³/mol. The topological polar surface area (TPSA) is 46.9 Å². The van der Waals surface area contributed by atoms with Crippen LogP contribution in [0.25, 0.3) is 0 Å². The van der Waals surface area contributed by atoms with E-state index in [4.69, 9.17) is 11.6 Å². The fourth-order valence-electron chi connectivity index (χ4n) is 2.37. The number of amides is 1. The molecular weight excluding hydrogens is 456 g/mol. The molecule has 3 rings (SSSR count). The maximum atomic E-state index is 13.2. The van der Waals surface area contributed by atoms with E-state index in [9.17, 15) is 9.18 Å². The van der Waals surface area contributed by atoms with Gasteiger partial charge in [-0.05, 0) is 59.3 Å². The first kappa shape index (κ1) is 17.9. The summed E-state index contributed by atoms with van der Waals surface area (Å²) in [4.78, 5) is 12.4. The molecule has 1 aromatic heterocycles. The molecule has 1 N–H and O–H groups in total. The maximum Gasteiger partial charge on any atom is 0.257 e. The van der Waals surface area contributed by atoms with E-state index >= 15 is 0 Å². The molecular formula is C18H14ClFIN3O. The summed E-state index contributed by atoms with van der Waals surface area (Å²) in [5, 5.41) is 7.54. The Hall–Kier alpha value is -1.93. The van der Waals surface area contributed by atoms with Gasteiger partial charge in [0.05, 0.1) is 12.1 Å². The van der Waals surface area contributed by atoms with Crippen LogP contribution in [-0.2, 0) is 6.54 Å². The van der Waals surface area contributed by atoms with Gasteiger partial charge in [-0.2, -0.15) is 5.10 Å². The standard InChI is InChI=1S/C18H14ClFIN3O/c1-11-8-17(22-18(25)14-4-2-3-5-16(14)21)23-24(11)10-12-6-7-13(20)9-15(12)19/h2-9H,10H2,1H3,(H,22,23,25). The van der Waals surface area contributed by atoms with Crippen molar-refractivity contribution in [2.75, 3.05) is 5.32 Å². The summed E-state index contributed by atoms with van der Waals surface area (Å²) in [6, 6.07) is 13.4. The number of aryl methyl sites for hydroxylation is 1. The Kier molecular flexibility index (Phi) is 5.39. The van der Waals surface area contributed by atoms with Crippen LogP contribution in [0, 0.1) is 16.3 Å². The first-order valence-electron chi connectivity index (χ1n) is 7.48. The Morgan fingerprint density at radius 1 is 1.28 bits per heavy atom. The average Bonchev–Trinajstić information content (AvgIpc) is 2.90. The van der Waals surface area contributed by atoms with E-state index in [-0.39, 0.29) is 11.7 Å². The first-order chi connectivity index (χ1) is 11.9. The Labute approximate surface area is 163 Å². The van der Waals surface area contributed by atoms with Crippen molar-refractivity contribution in [3.8, 4) is 0 Å². The zero-order valence-corrected chi connectivity index (χ0v) is 16.2. The lowest BCUT2D eigenvalue weighted by Gasteiger charge is -2.07. The quantitative estimate of drug-likeness (QED) is 0.553. The smallest absolute Gasteiger partial charge is 0.257 e. The molecule has 128 valence electrons. The molecule has 0 saturated heterocycles. The highest BCUT2D eigenvalue weighted by Gasteiger charge is 2.13. The molecule has 0 radical (unpaired) electrons. The molecule has 0 aliphatic rings. The molecule has 3 aromatic rings.